The normalized spacial score (nSPS) is 23.1. The van der Waals surface area contributed by atoms with Crippen molar-refractivity contribution >= 4 is 0 Å². The summed E-state index contributed by atoms with van der Waals surface area (Å²) < 4.78 is 17.2. The zero-order chi connectivity index (χ0) is 17.5. The third kappa shape index (κ3) is 2.62. The van der Waals surface area contributed by atoms with Gasteiger partial charge in [0.2, 0.25) is 6.79 Å². The van der Waals surface area contributed by atoms with Crippen molar-refractivity contribution < 1.29 is 14.2 Å². The molecule has 4 heterocycles. The minimum atomic E-state index is 0.292. The van der Waals surface area contributed by atoms with Crippen molar-refractivity contribution in [2.45, 2.75) is 51.2 Å². The van der Waals surface area contributed by atoms with Crippen molar-refractivity contribution in [1.29, 1.82) is 0 Å². The molecular formula is C21H24N2O3. The van der Waals surface area contributed by atoms with Gasteiger partial charge in [-0.3, -0.25) is 9.88 Å². The van der Waals surface area contributed by atoms with E-state index in [2.05, 4.69) is 35.0 Å². The van der Waals surface area contributed by atoms with Gasteiger partial charge in [0.05, 0.1) is 6.61 Å². The van der Waals surface area contributed by atoms with Gasteiger partial charge in [0.1, 0.15) is 5.75 Å². The standard InChI is InChI=1S/C21H24N2O3/c1-2-8-24-19-11-21-20(25-13-26-21)9-14(19)12-23-15-5-6-18(23)16-4-3-7-22-17(16)10-15/h3-4,7,9,11,15,18H,2,5-6,8,10,12-13H2,1H3/t15-,18-/m0/s1. The van der Waals surface area contributed by atoms with Gasteiger partial charge in [-0.2, -0.15) is 0 Å². The van der Waals surface area contributed by atoms with E-state index < -0.39 is 0 Å². The molecule has 3 aliphatic rings. The Bertz CT molecular complexity index is 823. The van der Waals surface area contributed by atoms with E-state index in [0.29, 0.717) is 25.5 Å². The van der Waals surface area contributed by atoms with Gasteiger partial charge in [0.15, 0.2) is 11.5 Å². The van der Waals surface area contributed by atoms with E-state index >= 15 is 0 Å². The van der Waals surface area contributed by atoms with Crippen molar-refractivity contribution in [3.63, 3.8) is 0 Å². The van der Waals surface area contributed by atoms with Gasteiger partial charge in [-0.25, -0.2) is 0 Å². The molecule has 0 unspecified atom stereocenters. The molecule has 0 saturated carbocycles. The molecule has 0 spiro atoms. The highest BCUT2D eigenvalue weighted by molar-refractivity contribution is 5.52. The van der Waals surface area contributed by atoms with Gasteiger partial charge in [-0.15, -0.1) is 0 Å². The molecule has 1 saturated heterocycles. The van der Waals surface area contributed by atoms with Crippen molar-refractivity contribution in [1.82, 2.24) is 9.88 Å². The van der Waals surface area contributed by atoms with E-state index in [1.165, 1.54) is 29.7 Å². The molecule has 1 aromatic carbocycles. The van der Waals surface area contributed by atoms with Crippen LogP contribution in [0.2, 0.25) is 0 Å². The smallest absolute Gasteiger partial charge is 0.231 e. The maximum absolute atomic E-state index is 6.04. The number of nitrogens with zero attached hydrogens (tertiary/aromatic N) is 2. The monoisotopic (exact) mass is 352 g/mol. The Hall–Kier alpha value is -2.27. The first-order valence-electron chi connectivity index (χ1n) is 9.58. The van der Waals surface area contributed by atoms with Gasteiger partial charge in [0.25, 0.3) is 0 Å². The fraction of sp³-hybridized carbons (Fsp3) is 0.476. The predicted octanol–water partition coefficient (Wildman–Crippen LogP) is 3.86. The number of hydrogen-bond donors (Lipinski definition) is 0. The second-order valence-electron chi connectivity index (χ2n) is 7.32. The SMILES string of the molecule is CCCOc1cc2c(cc1CN1[C@H]3CC[C@H]1c1cccnc1C3)OCO2. The molecule has 136 valence electrons. The van der Waals surface area contributed by atoms with Crippen LogP contribution in [-0.4, -0.2) is 29.3 Å². The van der Waals surface area contributed by atoms with Gasteiger partial charge in [-0.1, -0.05) is 13.0 Å². The van der Waals surface area contributed by atoms with Crippen molar-refractivity contribution in [3.05, 3.63) is 47.3 Å². The second-order valence-corrected chi connectivity index (χ2v) is 7.32. The Morgan fingerprint density at radius 1 is 1.23 bits per heavy atom. The Morgan fingerprint density at radius 2 is 2.12 bits per heavy atom. The number of hydrogen-bond acceptors (Lipinski definition) is 5. The van der Waals surface area contributed by atoms with Crippen molar-refractivity contribution in [2.75, 3.05) is 13.4 Å². The molecule has 1 fully saturated rings. The number of benzene rings is 1. The first-order chi connectivity index (χ1) is 12.8. The lowest BCUT2D eigenvalue weighted by atomic mass is 9.97. The molecule has 0 amide bonds. The number of rotatable bonds is 5. The molecule has 5 nitrogen and oxygen atoms in total. The molecule has 0 aliphatic carbocycles. The third-order valence-corrected chi connectivity index (χ3v) is 5.73. The molecule has 1 aromatic heterocycles. The van der Waals surface area contributed by atoms with E-state index in [-0.39, 0.29) is 0 Å². The van der Waals surface area contributed by atoms with Crippen LogP contribution in [0.1, 0.15) is 49.0 Å². The summed E-state index contributed by atoms with van der Waals surface area (Å²) in [6.45, 7) is 4.01. The average molecular weight is 352 g/mol. The molecule has 2 aromatic rings. The summed E-state index contributed by atoms with van der Waals surface area (Å²) >= 11 is 0. The number of ether oxygens (including phenoxy) is 3. The maximum Gasteiger partial charge on any atom is 0.231 e. The zero-order valence-corrected chi connectivity index (χ0v) is 15.1. The van der Waals surface area contributed by atoms with Gasteiger partial charge in [-0.05, 0) is 37.0 Å². The van der Waals surface area contributed by atoms with Crippen LogP contribution in [0.15, 0.2) is 30.5 Å². The fourth-order valence-electron chi connectivity index (χ4n) is 4.51. The van der Waals surface area contributed by atoms with Crippen LogP contribution in [0.5, 0.6) is 17.2 Å². The summed E-state index contributed by atoms with van der Waals surface area (Å²) in [6, 6.07) is 9.43. The maximum atomic E-state index is 6.04. The summed E-state index contributed by atoms with van der Waals surface area (Å²) in [6.07, 6.45) is 6.39. The predicted molar refractivity (Wildman–Crippen MR) is 97.6 cm³/mol. The van der Waals surface area contributed by atoms with Crippen LogP contribution in [0, 0.1) is 0 Å². The molecular weight excluding hydrogens is 328 g/mol. The molecule has 0 N–H and O–H groups in total. The Balaban J connectivity index is 1.46. The van der Waals surface area contributed by atoms with E-state index in [1.807, 2.05) is 12.3 Å². The summed E-state index contributed by atoms with van der Waals surface area (Å²) in [5.74, 6) is 2.54. The molecule has 0 radical (unpaired) electrons. The molecule has 26 heavy (non-hydrogen) atoms. The van der Waals surface area contributed by atoms with Crippen molar-refractivity contribution in [2.24, 2.45) is 0 Å². The first-order valence-corrected chi connectivity index (χ1v) is 9.58. The fourth-order valence-corrected chi connectivity index (χ4v) is 4.51. The summed E-state index contributed by atoms with van der Waals surface area (Å²) in [5.41, 5.74) is 3.87. The molecule has 3 aliphatic heterocycles. The molecule has 5 heteroatoms. The highest BCUT2D eigenvalue weighted by atomic mass is 16.7. The average Bonchev–Trinajstić information content (AvgIpc) is 3.22. The minimum absolute atomic E-state index is 0.292. The lowest BCUT2D eigenvalue weighted by molar-refractivity contribution is 0.163. The van der Waals surface area contributed by atoms with E-state index in [0.717, 1.165) is 36.6 Å². The third-order valence-electron chi connectivity index (χ3n) is 5.73. The molecule has 5 rings (SSSR count). The highest BCUT2D eigenvalue weighted by Gasteiger charge is 2.40. The van der Waals surface area contributed by atoms with Crippen LogP contribution in [-0.2, 0) is 13.0 Å². The van der Waals surface area contributed by atoms with Crippen LogP contribution in [0.25, 0.3) is 0 Å². The Morgan fingerprint density at radius 3 is 3.00 bits per heavy atom. The van der Waals surface area contributed by atoms with Gasteiger partial charge in [0, 0.05) is 48.6 Å². The number of aromatic nitrogens is 1. The quantitative estimate of drug-likeness (QED) is 0.817. The van der Waals surface area contributed by atoms with Crippen LogP contribution >= 0.6 is 0 Å². The van der Waals surface area contributed by atoms with Crippen LogP contribution in [0.4, 0.5) is 0 Å². The molecule has 2 bridgehead atoms. The van der Waals surface area contributed by atoms with Crippen molar-refractivity contribution in [3.8, 4) is 17.2 Å². The van der Waals surface area contributed by atoms with Crippen LogP contribution in [0.3, 0.4) is 0 Å². The first kappa shape index (κ1) is 15.9. The summed E-state index contributed by atoms with van der Waals surface area (Å²) in [4.78, 5) is 7.24. The lowest BCUT2D eigenvalue weighted by Crippen LogP contribution is -2.37. The Kier molecular flexibility index (Phi) is 3.97. The Labute approximate surface area is 153 Å². The van der Waals surface area contributed by atoms with E-state index in [1.54, 1.807) is 0 Å². The summed E-state index contributed by atoms with van der Waals surface area (Å²) in [5, 5.41) is 0. The molecule has 2 atom stereocenters. The van der Waals surface area contributed by atoms with Gasteiger partial charge < -0.3 is 14.2 Å². The largest absolute Gasteiger partial charge is 0.493 e. The second kappa shape index (κ2) is 6.47. The van der Waals surface area contributed by atoms with Gasteiger partial charge >= 0.3 is 0 Å². The lowest BCUT2D eigenvalue weighted by Gasteiger charge is -2.36. The minimum Gasteiger partial charge on any atom is -0.493 e. The number of fused-ring (bicyclic) bond motifs is 5. The summed E-state index contributed by atoms with van der Waals surface area (Å²) in [7, 11) is 0. The number of pyridine rings is 1. The van der Waals surface area contributed by atoms with E-state index in [9.17, 15) is 0 Å². The highest BCUT2D eigenvalue weighted by Crippen LogP contribution is 2.46. The van der Waals surface area contributed by atoms with Crippen LogP contribution < -0.4 is 14.2 Å². The van der Waals surface area contributed by atoms with E-state index in [4.69, 9.17) is 14.2 Å². The zero-order valence-electron chi connectivity index (χ0n) is 15.1. The topological polar surface area (TPSA) is 43.8 Å².